The zero-order chi connectivity index (χ0) is 24.1. The van der Waals surface area contributed by atoms with Crippen LogP contribution in [0, 0.1) is 5.82 Å². The molecule has 1 aliphatic rings. The lowest BCUT2D eigenvalue weighted by atomic mass is 10.1. The molecule has 3 aromatic carbocycles. The molecule has 8 heteroatoms. The molecule has 0 unspecified atom stereocenters. The van der Waals surface area contributed by atoms with E-state index in [4.69, 9.17) is 9.47 Å². The molecule has 4 rings (SSSR count). The summed E-state index contributed by atoms with van der Waals surface area (Å²) in [6.07, 6.45) is 0.798. The van der Waals surface area contributed by atoms with Crippen molar-refractivity contribution in [1.29, 1.82) is 0 Å². The number of anilines is 2. The van der Waals surface area contributed by atoms with Crippen molar-refractivity contribution in [3.8, 4) is 11.5 Å². The minimum absolute atomic E-state index is 0.123. The average Bonchev–Trinajstić information content (AvgIpc) is 2.85. The van der Waals surface area contributed by atoms with E-state index >= 15 is 0 Å². The van der Waals surface area contributed by atoms with Crippen molar-refractivity contribution in [3.05, 3.63) is 83.7 Å². The fourth-order valence-corrected chi connectivity index (χ4v) is 3.93. The van der Waals surface area contributed by atoms with Gasteiger partial charge in [0.05, 0.1) is 14.2 Å². The summed E-state index contributed by atoms with van der Waals surface area (Å²) in [4.78, 5) is 29.2. The molecule has 0 saturated carbocycles. The van der Waals surface area contributed by atoms with E-state index in [2.05, 4.69) is 5.32 Å². The summed E-state index contributed by atoms with van der Waals surface area (Å²) in [5, 5.41) is 2.77. The predicted octanol–water partition coefficient (Wildman–Crippen LogP) is 4.93. The van der Waals surface area contributed by atoms with Gasteiger partial charge in [-0.15, -0.1) is 0 Å². The number of hydrogen-bond donors (Lipinski definition) is 1. The third-order valence-corrected chi connectivity index (χ3v) is 5.60. The van der Waals surface area contributed by atoms with E-state index in [-0.39, 0.29) is 11.6 Å². The monoisotopic (exact) mass is 463 g/mol. The van der Waals surface area contributed by atoms with Gasteiger partial charge in [-0.05, 0) is 60.5 Å². The summed E-state index contributed by atoms with van der Waals surface area (Å²) in [5.74, 6) is 0.430. The highest BCUT2D eigenvalue weighted by molar-refractivity contribution is 6.04. The topological polar surface area (TPSA) is 71.1 Å². The minimum atomic E-state index is -0.478. The Morgan fingerprint density at radius 2 is 1.71 bits per heavy atom. The Balaban J connectivity index is 1.49. The fourth-order valence-electron chi connectivity index (χ4n) is 3.93. The molecular formula is C26H26FN3O4. The summed E-state index contributed by atoms with van der Waals surface area (Å²) < 4.78 is 24.1. The first-order valence-corrected chi connectivity index (χ1v) is 10.9. The lowest BCUT2D eigenvalue weighted by Gasteiger charge is -2.36. The van der Waals surface area contributed by atoms with Crippen molar-refractivity contribution in [2.45, 2.75) is 13.0 Å². The number of nitrogens with zero attached hydrogens (tertiary/aromatic N) is 2. The van der Waals surface area contributed by atoms with E-state index in [1.54, 1.807) is 54.4 Å². The maximum Gasteiger partial charge on any atom is 0.324 e. The summed E-state index contributed by atoms with van der Waals surface area (Å²) in [6.45, 7) is 1.61. The Kier molecular flexibility index (Phi) is 6.96. The molecule has 0 atom stereocenters. The van der Waals surface area contributed by atoms with E-state index in [0.717, 1.165) is 12.0 Å². The zero-order valence-electron chi connectivity index (χ0n) is 19.1. The molecule has 0 aliphatic carbocycles. The van der Waals surface area contributed by atoms with Crippen molar-refractivity contribution in [1.82, 2.24) is 4.90 Å². The summed E-state index contributed by atoms with van der Waals surface area (Å²) in [7, 11) is 3.18. The second kappa shape index (κ2) is 10.2. The predicted molar refractivity (Wildman–Crippen MR) is 128 cm³/mol. The molecule has 1 fully saturated rings. The van der Waals surface area contributed by atoms with Crippen LogP contribution in [-0.2, 0) is 6.54 Å². The van der Waals surface area contributed by atoms with Crippen LogP contribution >= 0.6 is 0 Å². The Bertz CT molecular complexity index is 1180. The van der Waals surface area contributed by atoms with Crippen molar-refractivity contribution < 1.29 is 23.5 Å². The molecular weight excluding hydrogens is 437 g/mol. The number of benzene rings is 3. The van der Waals surface area contributed by atoms with Gasteiger partial charge in [0, 0.05) is 42.6 Å². The molecule has 3 aromatic rings. The Labute approximate surface area is 197 Å². The number of urea groups is 1. The number of methoxy groups -OCH3 is 2. The molecule has 1 saturated heterocycles. The van der Waals surface area contributed by atoms with E-state index < -0.39 is 11.7 Å². The number of carbonyl (C=O) groups excluding carboxylic acids is 2. The van der Waals surface area contributed by atoms with Crippen LogP contribution in [0.25, 0.3) is 0 Å². The van der Waals surface area contributed by atoms with Crippen LogP contribution < -0.4 is 19.7 Å². The smallest absolute Gasteiger partial charge is 0.324 e. The van der Waals surface area contributed by atoms with Gasteiger partial charge in [0.1, 0.15) is 17.3 Å². The van der Waals surface area contributed by atoms with Crippen molar-refractivity contribution in [2.75, 3.05) is 37.5 Å². The molecule has 1 heterocycles. The maximum atomic E-state index is 13.5. The van der Waals surface area contributed by atoms with Gasteiger partial charge in [0.2, 0.25) is 0 Å². The summed E-state index contributed by atoms with van der Waals surface area (Å²) in [6, 6.07) is 18.0. The van der Waals surface area contributed by atoms with E-state index in [9.17, 15) is 14.0 Å². The third kappa shape index (κ3) is 5.28. The molecule has 7 nitrogen and oxygen atoms in total. The first kappa shape index (κ1) is 23.1. The summed E-state index contributed by atoms with van der Waals surface area (Å²) in [5.41, 5.74) is 2.33. The van der Waals surface area contributed by atoms with E-state index in [1.807, 2.05) is 18.2 Å². The average molecular weight is 464 g/mol. The van der Waals surface area contributed by atoms with Crippen molar-refractivity contribution in [3.63, 3.8) is 0 Å². The van der Waals surface area contributed by atoms with Crippen LogP contribution in [-0.4, -0.2) is 44.1 Å². The molecule has 176 valence electrons. The molecule has 0 radical (unpaired) electrons. The number of ether oxygens (including phenoxy) is 2. The van der Waals surface area contributed by atoms with Gasteiger partial charge in [-0.25, -0.2) is 9.18 Å². The third-order valence-electron chi connectivity index (χ3n) is 5.60. The van der Waals surface area contributed by atoms with Gasteiger partial charge < -0.3 is 19.7 Å². The Morgan fingerprint density at radius 1 is 0.971 bits per heavy atom. The van der Waals surface area contributed by atoms with Crippen LogP contribution in [0.15, 0.2) is 66.7 Å². The number of rotatable bonds is 7. The standard InChI is InChI=1S/C26H26FN3O4/c1-33-23-12-18(13-24(16-23)34-2)17-29-10-5-11-30(26(29)32)22-9-4-8-21(15-22)28-25(31)19-6-3-7-20(27)14-19/h3-4,6-9,12-16H,5,10-11,17H2,1-2H3,(H,28,31). The highest BCUT2D eigenvalue weighted by Gasteiger charge is 2.27. The van der Waals surface area contributed by atoms with Gasteiger partial charge in [-0.3, -0.25) is 9.69 Å². The maximum absolute atomic E-state index is 13.5. The largest absolute Gasteiger partial charge is 0.497 e. The van der Waals surface area contributed by atoms with E-state index in [0.29, 0.717) is 42.5 Å². The van der Waals surface area contributed by atoms with Gasteiger partial charge in [-0.2, -0.15) is 0 Å². The van der Waals surface area contributed by atoms with Gasteiger partial charge in [0.25, 0.3) is 5.91 Å². The van der Waals surface area contributed by atoms with Gasteiger partial charge >= 0.3 is 6.03 Å². The number of carbonyl (C=O) groups is 2. The number of amides is 3. The molecule has 1 N–H and O–H groups in total. The normalized spacial score (nSPS) is 13.6. The lowest BCUT2D eigenvalue weighted by Crippen LogP contribution is -2.49. The molecule has 1 aliphatic heterocycles. The number of halogens is 1. The SMILES string of the molecule is COc1cc(CN2CCCN(c3cccc(NC(=O)c4cccc(F)c4)c3)C2=O)cc(OC)c1. The van der Waals surface area contributed by atoms with Crippen LogP contribution in [0.5, 0.6) is 11.5 Å². The Morgan fingerprint density at radius 3 is 2.41 bits per heavy atom. The quantitative estimate of drug-likeness (QED) is 0.540. The van der Waals surface area contributed by atoms with Crippen LogP contribution in [0.4, 0.5) is 20.6 Å². The fraction of sp³-hybridized carbons (Fsp3) is 0.231. The minimum Gasteiger partial charge on any atom is -0.497 e. The molecule has 0 spiro atoms. The van der Waals surface area contributed by atoms with Crippen molar-refractivity contribution in [2.24, 2.45) is 0 Å². The highest BCUT2D eigenvalue weighted by atomic mass is 19.1. The lowest BCUT2D eigenvalue weighted by molar-refractivity contribution is 0.102. The first-order chi connectivity index (χ1) is 16.5. The second-order valence-corrected chi connectivity index (χ2v) is 7.95. The van der Waals surface area contributed by atoms with E-state index in [1.165, 1.54) is 18.2 Å². The van der Waals surface area contributed by atoms with Gasteiger partial charge in [-0.1, -0.05) is 12.1 Å². The highest BCUT2D eigenvalue weighted by Crippen LogP contribution is 2.27. The number of nitrogens with one attached hydrogen (secondary N) is 1. The zero-order valence-corrected chi connectivity index (χ0v) is 19.1. The molecule has 0 bridgehead atoms. The second-order valence-electron chi connectivity index (χ2n) is 7.95. The molecule has 34 heavy (non-hydrogen) atoms. The summed E-state index contributed by atoms with van der Waals surface area (Å²) >= 11 is 0. The van der Waals surface area contributed by atoms with Crippen LogP contribution in [0.1, 0.15) is 22.3 Å². The molecule has 0 aromatic heterocycles. The molecule has 3 amide bonds. The first-order valence-electron chi connectivity index (χ1n) is 10.9. The van der Waals surface area contributed by atoms with Crippen molar-refractivity contribution >= 4 is 23.3 Å². The number of hydrogen-bond acceptors (Lipinski definition) is 4. The van der Waals surface area contributed by atoms with Crippen LogP contribution in [0.2, 0.25) is 0 Å². The van der Waals surface area contributed by atoms with Gasteiger partial charge in [0.15, 0.2) is 0 Å². The Hall–Kier alpha value is -4.07. The van der Waals surface area contributed by atoms with Crippen LogP contribution in [0.3, 0.4) is 0 Å².